The molecule has 0 radical (unpaired) electrons. The van der Waals surface area contributed by atoms with Gasteiger partial charge in [-0.25, -0.2) is 4.98 Å². The number of nitrogens with zero attached hydrogens (tertiary/aromatic N) is 2. The van der Waals surface area contributed by atoms with E-state index in [0.29, 0.717) is 16.5 Å². The van der Waals surface area contributed by atoms with Crippen LogP contribution in [0.15, 0.2) is 35.3 Å². The van der Waals surface area contributed by atoms with Crippen molar-refractivity contribution in [2.24, 2.45) is 7.05 Å². The number of carbonyl (C=O) groups is 1. The Morgan fingerprint density at radius 2 is 2.05 bits per heavy atom. The minimum absolute atomic E-state index is 0.142. The fourth-order valence-corrected chi connectivity index (χ4v) is 2.33. The van der Waals surface area contributed by atoms with Crippen molar-refractivity contribution in [3.05, 3.63) is 51.9 Å². The SMILES string of the molecule is Cc1cccc2cc3c(=O)n(C)cc(C=O)c3nc12. The average molecular weight is 252 g/mol. The van der Waals surface area contributed by atoms with Crippen molar-refractivity contribution in [3.8, 4) is 0 Å². The molecule has 2 heterocycles. The van der Waals surface area contributed by atoms with Crippen LogP contribution in [0.1, 0.15) is 15.9 Å². The molecule has 94 valence electrons. The molecule has 0 bridgehead atoms. The van der Waals surface area contributed by atoms with Gasteiger partial charge in [0, 0.05) is 18.6 Å². The lowest BCUT2D eigenvalue weighted by atomic mass is 10.1. The van der Waals surface area contributed by atoms with Crippen LogP contribution in [0, 0.1) is 6.92 Å². The smallest absolute Gasteiger partial charge is 0.259 e. The minimum atomic E-state index is -0.142. The lowest BCUT2D eigenvalue weighted by molar-refractivity contribution is 0.112. The summed E-state index contributed by atoms with van der Waals surface area (Å²) in [5.41, 5.74) is 2.61. The summed E-state index contributed by atoms with van der Waals surface area (Å²) in [4.78, 5) is 27.8. The molecule has 0 fully saturated rings. The highest BCUT2D eigenvalue weighted by atomic mass is 16.1. The van der Waals surface area contributed by atoms with Gasteiger partial charge in [0.25, 0.3) is 5.56 Å². The quantitative estimate of drug-likeness (QED) is 0.493. The molecule has 4 nitrogen and oxygen atoms in total. The molecule has 0 N–H and O–H groups in total. The zero-order valence-corrected chi connectivity index (χ0v) is 10.7. The number of benzene rings is 1. The summed E-state index contributed by atoms with van der Waals surface area (Å²) in [5, 5.41) is 1.39. The number of pyridine rings is 2. The van der Waals surface area contributed by atoms with Gasteiger partial charge >= 0.3 is 0 Å². The molecule has 0 atom stereocenters. The Bertz CT molecular complexity index is 879. The Morgan fingerprint density at radius 3 is 2.79 bits per heavy atom. The van der Waals surface area contributed by atoms with Crippen LogP contribution in [-0.2, 0) is 7.05 Å². The van der Waals surface area contributed by atoms with Gasteiger partial charge in [-0.05, 0) is 18.6 Å². The fourth-order valence-electron chi connectivity index (χ4n) is 2.33. The van der Waals surface area contributed by atoms with Crippen LogP contribution in [0.2, 0.25) is 0 Å². The van der Waals surface area contributed by atoms with Gasteiger partial charge < -0.3 is 4.57 Å². The maximum atomic E-state index is 12.1. The zero-order chi connectivity index (χ0) is 13.6. The average Bonchev–Trinajstić information content (AvgIpc) is 2.42. The van der Waals surface area contributed by atoms with E-state index in [1.165, 1.54) is 10.8 Å². The van der Waals surface area contributed by atoms with E-state index in [1.54, 1.807) is 13.1 Å². The summed E-state index contributed by atoms with van der Waals surface area (Å²) in [7, 11) is 1.63. The third kappa shape index (κ3) is 1.64. The second kappa shape index (κ2) is 4.02. The standard InChI is InChI=1S/C15H12N2O2/c1-9-4-3-5-10-6-12-14(16-13(9)10)11(8-18)7-17(2)15(12)19/h3-8H,1-2H3. The normalized spacial score (nSPS) is 11.1. The van der Waals surface area contributed by atoms with Crippen molar-refractivity contribution >= 4 is 28.1 Å². The first-order valence-corrected chi connectivity index (χ1v) is 5.96. The molecule has 0 spiro atoms. The highest BCUT2D eigenvalue weighted by Gasteiger charge is 2.10. The van der Waals surface area contributed by atoms with Crippen LogP contribution in [0.3, 0.4) is 0 Å². The number of aryl methyl sites for hydroxylation is 2. The van der Waals surface area contributed by atoms with Crippen LogP contribution in [0.25, 0.3) is 21.8 Å². The van der Waals surface area contributed by atoms with Crippen molar-refractivity contribution in [2.75, 3.05) is 0 Å². The summed E-state index contributed by atoms with van der Waals surface area (Å²) in [6.07, 6.45) is 2.26. The third-order valence-electron chi connectivity index (χ3n) is 3.33. The monoisotopic (exact) mass is 252 g/mol. The van der Waals surface area contributed by atoms with Crippen molar-refractivity contribution in [1.82, 2.24) is 9.55 Å². The van der Waals surface area contributed by atoms with E-state index in [4.69, 9.17) is 0 Å². The molecule has 4 heteroatoms. The van der Waals surface area contributed by atoms with E-state index < -0.39 is 0 Å². The van der Waals surface area contributed by atoms with Crippen LogP contribution < -0.4 is 5.56 Å². The molecular weight excluding hydrogens is 240 g/mol. The summed E-state index contributed by atoms with van der Waals surface area (Å²) in [6, 6.07) is 7.61. The predicted molar refractivity (Wildman–Crippen MR) is 74.6 cm³/mol. The van der Waals surface area contributed by atoms with Gasteiger partial charge in [-0.2, -0.15) is 0 Å². The van der Waals surface area contributed by atoms with E-state index in [-0.39, 0.29) is 5.56 Å². The first-order chi connectivity index (χ1) is 9.11. The molecule has 3 aromatic rings. The van der Waals surface area contributed by atoms with E-state index in [1.807, 2.05) is 25.1 Å². The van der Waals surface area contributed by atoms with E-state index >= 15 is 0 Å². The molecular formula is C15H12N2O2. The Hall–Kier alpha value is -2.49. The summed E-state index contributed by atoms with van der Waals surface area (Å²) in [5.74, 6) is 0. The Kier molecular flexibility index (Phi) is 2.45. The number of hydrogen-bond acceptors (Lipinski definition) is 3. The minimum Gasteiger partial charge on any atom is -0.317 e. The number of aldehydes is 1. The van der Waals surface area contributed by atoms with E-state index in [9.17, 15) is 9.59 Å². The van der Waals surface area contributed by atoms with Gasteiger partial charge in [0.1, 0.15) is 0 Å². The maximum absolute atomic E-state index is 12.1. The van der Waals surface area contributed by atoms with Crippen molar-refractivity contribution in [3.63, 3.8) is 0 Å². The zero-order valence-electron chi connectivity index (χ0n) is 10.7. The highest BCUT2D eigenvalue weighted by molar-refractivity contribution is 6.00. The Labute approximate surface area is 109 Å². The molecule has 1 aromatic carbocycles. The van der Waals surface area contributed by atoms with Gasteiger partial charge in [0.15, 0.2) is 6.29 Å². The van der Waals surface area contributed by atoms with Crippen LogP contribution in [0.4, 0.5) is 0 Å². The fraction of sp³-hybridized carbons (Fsp3) is 0.133. The van der Waals surface area contributed by atoms with Crippen molar-refractivity contribution < 1.29 is 4.79 Å². The molecule has 0 amide bonds. The van der Waals surface area contributed by atoms with Gasteiger partial charge in [0.2, 0.25) is 0 Å². The Balaban J connectivity index is 2.62. The molecule has 0 saturated carbocycles. The van der Waals surface area contributed by atoms with Gasteiger partial charge in [-0.1, -0.05) is 18.2 Å². The van der Waals surface area contributed by atoms with Crippen molar-refractivity contribution in [2.45, 2.75) is 6.92 Å². The molecule has 0 saturated heterocycles. The summed E-state index contributed by atoms with van der Waals surface area (Å²) >= 11 is 0. The number of fused-ring (bicyclic) bond motifs is 2. The van der Waals surface area contributed by atoms with Crippen LogP contribution in [0.5, 0.6) is 0 Å². The maximum Gasteiger partial charge on any atom is 0.259 e. The van der Waals surface area contributed by atoms with Gasteiger partial charge in [0.05, 0.1) is 22.0 Å². The molecule has 0 aliphatic carbocycles. The lowest BCUT2D eigenvalue weighted by Crippen LogP contribution is -2.18. The predicted octanol–water partition coefficient (Wildman–Crippen LogP) is 2.21. The number of carbonyl (C=O) groups excluding carboxylic acids is 1. The third-order valence-corrected chi connectivity index (χ3v) is 3.33. The van der Waals surface area contributed by atoms with Gasteiger partial charge in [-0.15, -0.1) is 0 Å². The number of aromatic nitrogens is 2. The second-order valence-corrected chi connectivity index (χ2v) is 4.65. The molecule has 0 aliphatic rings. The summed E-state index contributed by atoms with van der Waals surface area (Å²) in [6.45, 7) is 1.96. The number of hydrogen-bond donors (Lipinski definition) is 0. The van der Waals surface area contributed by atoms with Crippen LogP contribution >= 0.6 is 0 Å². The second-order valence-electron chi connectivity index (χ2n) is 4.65. The van der Waals surface area contributed by atoms with E-state index in [0.717, 1.165) is 22.8 Å². The summed E-state index contributed by atoms with van der Waals surface area (Å²) < 4.78 is 1.41. The first-order valence-electron chi connectivity index (χ1n) is 5.96. The van der Waals surface area contributed by atoms with Gasteiger partial charge in [-0.3, -0.25) is 9.59 Å². The molecule has 0 unspecified atom stereocenters. The molecule has 3 rings (SSSR count). The highest BCUT2D eigenvalue weighted by Crippen LogP contribution is 2.21. The van der Waals surface area contributed by atoms with Crippen LogP contribution in [-0.4, -0.2) is 15.8 Å². The van der Waals surface area contributed by atoms with E-state index in [2.05, 4.69) is 4.98 Å². The largest absolute Gasteiger partial charge is 0.317 e. The molecule has 0 aliphatic heterocycles. The first kappa shape index (κ1) is 11.6. The molecule has 19 heavy (non-hydrogen) atoms. The Morgan fingerprint density at radius 1 is 1.26 bits per heavy atom. The van der Waals surface area contributed by atoms with Crippen molar-refractivity contribution in [1.29, 1.82) is 0 Å². The number of rotatable bonds is 1. The molecule has 2 aromatic heterocycles. The number of para-hydroxylation sites is 1. The topological polar surface area (TPSA) is 52.0 Å². The lowest BCUT2D eigenvalue weighted by Gasteiger charge is -2.07.